The molecule has 0 aliphatic rings. The van der Waals surface area contributed by atoms with Crippen LogP contribution in [0.2, 0.25) is 0 Å². The first-order chi connectivity index (χ1) is 9.99. The molecule has 0 radical (unpaired) electrons. The van der Waals surface area contributed by atoms with Crippen molar-refractivity contribution in [1.82, 2.24) is 9.97 Å². The second kappa shape index (κ2) is 5.11. The van der Waals surface area contributed by atoms with E-state index in [4.69, 9.17) is 4.98 Å². The summed E-state index contributed by atoms with van der Waals surface area (Å²) in [5, 5.41) is 6.51. The number of hydrogen-bond donors (Lipinski definition) is 1. The molecule has 0 saturated carbocycles. The van der Waals surface area contributed by atoms with E-state index in [1.54, 1.807) is 11.3 Å². The molecule has 1 N–H and O–H groups in total. The van der Waals surface area contributed by atoms with Gasteiger partial charge < -0.3 is 5.32 Å². The normalized spacial score (nSPS) is 11.8. The van der Waals surface area contributed by atoms with E-state index in [-0.39, 0.29) is 5.41 Å². The highest BCUT2D eigenvalue weighted by Gasteiger charge is 2.19. The minimum Gasteiger partial charge on any atom is -0.373 e. The number of nitrogens with one attached hydrogen (secondary N) is 1. The molecule has 1 aromatic carbocycles. The Morgan fingerprint density at radius 2 is 1.86 bits per heavy atom. The Hall–Kier alpha value is -1.94. The molecule has 0 amide bonds. The van der Waals surface area contributed by atoms with E-state index in [1.807, 2.05) is 13.1 Å². The summed E-state index contributed by atoms with van der Waals surface area (Å²) in [6.45, 7) is 6.51. The van der Waals surface area contributed by atoms with Gasteiger partial charge in [-0.1, -0.05) is 39.0 Å². The Bertz CT molecular complexity index is 784. The zero-order chi connectivity index (χ0) is 15.0. The van der Waals surface area contributed by atoms with Crippen LogP contribution in [0.5, 0.6) is 0 Å². The summed E-state index contributed by atoms with van der Waals surface area (Å²) in [6.07, 6.45) is 0. The van der Waals surface area contributed by atoms with Crippen LogP contribution in [-0.2, 0) is 5.41 Å². The fourth-order valence-corrected chi connectivity index (χ4v) is 3.17. The number of aromatic nitrogens is 2. The Labute approximate surface area is 129 Å². The number of rotatable bonds is 2. The molecule has 3 aromatic rings. The largest absolute Gasteiger partial charge is 0.373 e. The average molecular weight is 297 g/mol. The molecule has 4 heteroatoms. The summed E-state index contributed by atoms with van der Waals surface area (Å²) in [5.74, 6) is 1.66. The zero-order valence-corrected chi connectivity index (χ0v) is 13.6. The molecule has 21 heavy (non-hydrogen) atoms. The van der Waals surface area contributed by atoms with Gasteiger partial charge in [0.2, 0.25) is 0 Å². The van der Waals surface area contributed by atoms with Gasteiger partial charge in [-0.05, 0) is 6.07 Å². The van der Waals surface area contributed by atoms with Gasteiger partial charge >= 0.3 is 0 Å². The highest BCUT2D eigenvalue weighted by atomic mass is 32.1. The summed E-state index contributed by atoms with van der Waals surface area (Å²) >= 11 is 1.74. The zero-order valence-electron chi connectivity index (χ0n) is 12.8. The second-order valence-corrected chi connectivity index (χ2v) is 7.02. The lowest BCUT2D eigenvalue weighted by molar-refractivity contribution is 0.568. The van der Waals surface area contributed by atoms with E-state index >= 15 is 0 Å². The SMILES string of the molecule is CNc1cc(C(C)(C)C)nc(-c2csc3ccccc23)n1. The van der Waals surface area contributed by atoms with Crippen LogP contribution in [0.15, 0.2) is 35.7 Å². The maximum Gasteiger partial charge on any atom is 0.163 e. The molecular formula is C17H19N3S. The van der Waals surface area contributed by atoms with Crippen LogP contribution in [0.25, 0.3) is 21.5 Å². The van der Waals surface area contributed by atoms with E-state index in [9.17, 15) is 0 Å². The lowest BCUT2D eigenvalue weighted by Gasteiger charge is -2.19. The minimum atomic E-state index is -0.00485. The molecule has 2 heterocycles. The number of benzene rings is 1. The van der Waals surface area contributed by atoms with Crippen LogP contribution < -0.4 is 5.32 Å². The number of anilines is 1. The van der Waals surface area contributed by atoms with Crippen LogP contribution in [0.1, 0.15) is 26.5 Å². The van der Waals surface area contributed by atoms with E-state index < -0.39 is 0 Å². The average Bonchev–Trinajstić information content (AvgIpc) is 2.89. The van der Waals surface area contributed by atoms with Crippen molar-refractivity contribution in [2.75, 3.05) is 12.4 Å². The molecule has 0 unspecified atom stereocenters. The summed E-state index contributed by atoms with van der Waals surface area (Å²) < 4.78 is 1.27. The number of nitrogens with zero attached hydrogens (tertiary/aromatic N) is 2. The van der Waals surface area contributed by atoms with Crippen LogP contribution in [0.3, 0.4) is 0 Å². The maximum absolute atomic E-state index is 4.80. The van der Waals surface area contributed by atoms with Crippen molar-refractivity contribution in [3.8, 4) is 11.4 Å². The molecule has 0 bridgehead atoms. The molecule has 0 spiro atoms. The first-order valence-electron chi connectivity index (χ1n) is 7.03. The lowest BCUT2D eigenvalue weighted by Crippen LogP contribution is -2.15. The van der Waals surface area contributed by atoms with Crippen LogP contribution in [0.4, 0.5) is 5.82 Å². The maximum atomic E-state index is 4.80. The summed E-state index contributed by atoms with van der Waals surface area (Å²) in [7, 11) is 1.89. The fraction of sp³-hybridized carbons (Fsp3) is 0.294. The van der Waals surface area contributed by atoms with Crippen molar-refractivity contribution in [1.29, 1.82) is 0 Å². The third-order valence-electron chi connectivity index (χ3n) is 3.47. The van der Waals surface area contributed by atoms with Crippen molar-refractivity contribution < 1.29 is 0 Å². The third kappa shape index (κ3) is 2.63. The molecule has 3 rings (SSSR count). The number of hydrogen-bond acceptors (Lipinski definition) is 4. The van der Waals surface area contributed by atoms with E-state index in [1.165, 1.54) is 10.1 Å². The van der Waals surface area contributed by atoms with Gasteiger partial charge in [0.05, 0.1) is 5.69 Å². The van der Waals surface area contributed by atoms with Gasteiger partial charge in [0.1, 0.15) is 5.82 Å². The van der Waals surface area contributed by atoms with Gasteiger partial charge in [0, 0.05) is 39.6 Å². The molecule has 0 atom stereocenters. The van der Waals surface area contributed by atoms with Gasteiger partial charge in [-0.3, -0.25) is 0 Å². The van der Waals surface area contributed by atoms with E-state index in [0.717, 1.165) is 22.9 Å². The molecule has 3 nitrogen and oxygen atoms in total. The lowest BCUT2D eigenvalue weighted by atomic mass is 9.92. The quantitative estimate of drug-likeness (QED) is 0.745. The predicted octanol–water partition coefficient (Wildman–Crippen LogP) is 4.70. The van der Waals surface area contributed by atoms with E-state index in [2.05, 4.69) is 60.7 Å². The van der Waals surface area contributed by atoms with Gasteiger partial charge in [-0.2, -0.15) is 0 Å². The van der Waals surface area contributed by atoms with E-state index in [0.29, 0.717) is 0 Å². The molecule has 0 aliphatic heterocycles. The fourth-order valence-electron chi connectivity index (χ4n) is 2.23. The monoisotopic (exact) mass is 297 g/mol. The molecule has 2 aromatic heterocycles. The summed E-state index contributed by atoms with van der Waals surface area (Å²) in [6, 6.07) is 10.4. The third-order valence-corrected chi connectivity index (χ3v) is 4.44. The van der Waals surface area contributed by atoms with Gasteiger partial charge in [0.25, 0.3) is 0 Å². The summed E-state index contributed by atoms with van der Waals surface area (Å²) in [5.41, 5.74) is 2.15. The van der Waals surface area contributed by atoms with Crippen molar-refractivity contribution in [2.24, 2.45) is 0 Å². The predicted molar refractivity (Wildman–Crippen MR) is 91.1 cm³/mol. The van der Waals surface area contributed by atoms with Crippen molar-refractivity contribution in [3.63, 3.8) is 0 Å². The Kier molecular flexibility index (Phi) is 3.41. The first-order valence-corrected chi connectivity index (χ1v) is 7.91. The van der Waals surface area contributed by atoms with Gasteiger partial charge in [-0.25, -0.2) is 9.97 Å². The highest BCUT2D eigenvalue weighted by Crippen LogP contribution is 2.33. The molecule has 0 fully saturated rings. The van der Waals surface area contributed by atoms with Crippen molar-refractivity contribution in [3.05, 3.63) is 41.4 Å². The first kappa shape index (κ1) is 14.0. The topological polar surface area (TPSA) is 37.8 Å². The van der Waals surface area contributed by atoms with Crippen molar-refractivity contribution >= 4 is 27.2 Å². The molecular weight excluding hydrogens is 278 g/mol. The Balaban J connectivity index is 2.22. The Morgan fingerprint density at radius 1 is 1.10 bits per heavy atom. The molecule has 0 aliphatic carbocycles. The second-order valence-electron chi connectivity index (χ2n) is 6.11. The highest BCUT2D eigenvalue weighted by molar-refractivity contribution is 7.17. The van der Waals surface area contributed by atoms with Crippen LogP contribution in [0, 0.1) is 0 Å². The van der Waals surface area contributed by atoms with Gasteiger partial charge in [-0.15, -0.1) is 11.3 Å². The Morgan fingerprint density at radius 3 is 2.57 bits per heavy atom. The number of fused-ring (bicyclic) bond motifs is 1. The number of thiophene rings is 1. The van der Waals surface area contributed by atoms with Crippen molar-refractivity contribution in [2.45, 2.75) is 26.2 Å². The van der Waals surface area contributed by atoms with Gasteiger partial charge in [0.15, 0.2) is 5.82 Å². The standard InChI is InChI=1S/C17H19N3S/c1-17(2,3)14-9-15(18-4)20-16(19-14)12-10-21-13-8-6-5-7-11(12)13/h5-10H,1-4H3,(H,18,19,20). The van der Waals surface area contributed by atoms with Crippen LogP contribution >= 0.6 is 11.3 Å². The summed E-state index contributed by atoms with van der Waals surface area (Å²) in [4.78, 5) is 9.44. The minimum absolute atomic E-state index is 0.00485. The van der Waals surface area contributed by atoms with Crippen LogP contribution in [-0.4, -0.2) is 17.0 Å². The smallest absolute Gasteiger partial charge is 0.163 e. The molecule has 0 saturated heterocycles. The molecule has 108 valence electrons.